The van der Waals surface area contributed by atoms with Gasteiger partial charge in [0.2, 0.25) is 11.8 Å². The molecule has 1 saturated heterocycles. The molecule has 0 radical (unpaired) electrons. The first kappa shape index (κ1) is 15.0. The van der Waals surface area contributed by atoms with E-state index in [4.69, 9.17) is 0 Å². The van der Waals surface area contributed by atoms with Crippen molar-refractivity contribution >= 4 is 11.8 Å². The number of carbonyl (C=O) groups is 2. The number of rotatable bonds is 7. The molecule has 1 fully saturated rings. The molecule has 18 heavy (non-hydrogen) atoms. The van der Waals surface area contributed by atoms with Crippen LogP contribution in [-0.4, -0.2) is 35.1 Å². The number of carbonyl (C=O) groups excluding carboxylic acids is 2. The molecule has 1 atom stereocenters. The molecular formula is C13H24N2O3. The lowest BCUT2D eigenvalue weighted by atomic mass is 9.92. The van der Waals surface area contributed by atoms with Crippen LogP contribution in [0.5, 0.6) is 0 Å². The zero-order valence-corrected chi connectivity index (χ0v) is 11.3. The topological polar surface area (TPSA) is 78.4 Å². The molecule has 0 bridgehead atoms. The monoisotopic (exact) mass is 256 g/mol. The van der Waals surface area contributed by atoms with Crippen molar-refractivity contribution in [3.8, 4) is 0 Å². The van der Waals surface area contributed by atoms with Gasteiger partial charge >= 0.3 is 0 Å². The van der Waals surface area contributed by atoms with Crippen molar-refractivity contribution in [3.63, 3.8) is 0 Å². The summed E-state index contributed by atoms with van der Waals surface area (Å²) in [4.78, 5) is 22.8. The Labute approximate surface area is 108 Å². The molecule has 1 unspecified atom stereocenters. The Morgan fingerprint density at radius 3 is 2.50 bits per heavy atom. The molecule has 1 aliphatic rings. The Balaban J connectivity index is 2.41. The fourth-order valence-corrected chi connectivity index (χ4v) is 2.42. The van der Waals surface area contributed by atoms with Gasteiger partial charge in [0.25, 0.3) is 0 Å². The van der Waals surface area contributed by atoms with Crippen LogP contribution in [0.3, 0.4) is 0 Å². The summed E-state index contributed by atoms with van der Waals surface area (Å²) in [6.45, 7) is 4.29. The van der Waals surface area contributed by atoms with E-state index in [1.165, 1.54) is 0 Å². The van der Waals surface area contributed by atoms with Gasteiger partial charge < -0.3 is 15.7 Å². The lowest BCUT2D eigenvalue weighted by Crippen LogP contribution is -2.48. The van der Waals surface area contributed by atoms with Gasteiger partial charge in [-0.2, -0.15) is 0 Å². The van der Waals surface area contributed by atoms with Gasteiger partial charge in [-0.15, -0.1) is 0 Å². The average Bonchev–Trinajstić information content (AvgIpc) is 2.74. The number of hydrogen-bond acceptors (Lipinski definition) is 3. The van der Waals surface area contributed by atoms with Crippen LogP contribution in [-0.2, 0) is 9.59 Å². The van der Waals surface area contributed by atoms with Crippen molar-refractivity contribution in [2.75, 3.05) is 6.54 Å². The fourth-order valence-electron chi connectivity index (χ4n) is 2.42. The van der Waals surface area contributed by atoms with Gasteiger partial charge in [-0.1, -0.05) is 26.7 Å². The van der Waals surface area contributed by atoms with E-state index in [0.717, 1.165) is 12.8 Å². The van der Waals surface area contributed by atoms with Gasteiger partial charge in [-0.05, 0) is 19.3 Å². The highest BCUT2D eigenvalue weighted by atomic mass is 16.3. The lowest BCUT2D eigenvalue weighted by molar-refractivity contribution is -0.126. The molecule has 1 aliphatic heterocycles. The van der Waals surface area contributed by atoms with E-state index < -0.39 is 11.6 Å². The molecule has 0 aliphatic carbocycles. The van der Waals surface area contributed by atoms with E-state index in [1.807, 2.05) is 13.8 Å². The van der Waals surface area contributed by atoms with Crippen LogP contribution >= 0.6 is 0 Å². The van der Waals surface area contributed by atoms with E-state index >= 15 is 0 Å². The molecule has 2 amide bonds. The van der Waals surface area contributed by atoms with Crippen molar-refractivity contribution < 1.29 is 14.7 Å². The van der Waals surface area contributed by atoms with Crippen molar-refractivity contribution in [1.29, 1.82) is 0 Å². The molecule has 1 rings (SSSR count). The summed E-state index contributed by atoms with van der Waals surface area (Å²) in [5.41, 5.74) is -0.818. The van der Waals surface area contributed by atoms with Crippen LogP contribution in [0.25, 0.3) is 0 Å². The maximum absolute atomic E-state index is 11.8. The fraction of sp³-hybridized carbons (Fsp3) is 0.846. The Hall–Kier alpha value is -1.10. The highest BCUT2D eigenvalue weighted by Gasteiger charge is 2.30. The summed E-state index contributed by atoms with van der Waals surface area (Å²) < 4.78 is 0. The summed E-state index contributed by atoms with van der Waals surface area (Å²) >= 11 is 0. The minimum atomic E-state index is -0.818. The second-order valence-electron chi connectivity index (χ2n) is 5.10. The standard InChI is InChI=1S/C13H24N2O3/c1-3-7-13(18,8-4-2)9-14-12(17)10-5-6-11(16)15-10/h10,18H,3-9H2,1-2H3,(H,14,17)(H,15,16). The highest BCUT2D eigenvalue weighted by Crippen LogP contribution is 2.18. The Morgan fingerprint density at radius 2 is 2.06 bits per heavy atom. The molecule has 0 aromatic rings. The number of nitrogens with one attached hydrogen (secondary N) is 2. The summed E-state index contributed by atoms with van der Waals surface area (Å²) in [5, 5.41) is 15.7. The van der Waals surface area contributed by atoms with E-state index in [-0.39, 0.29) is 18.4 Å². The van der Waals surface area contributed by atoms with Gasteiger partial charge in [0.1, 0.15) is 6.04 Å². The minimum absolute atomic E-state index is 0.0764. The van der Waals surface area contributed by atoms with Gasteiger partial charge in [0.05, 0.1) is 5.60 Å². The van der Waals surface area contributed by atoms with Crippen LogP contribution in [0, 0.1) is 0 Å². The highest BCUT2D eigenvalue weighted by molar-refractivity contribution is 5.90. The second-order valence-corrected chi connectivity index (χ2v) is 5.10. The first-order valence-electron chi connectivity index (χ1n) is 6.80. The van der Waals surface area contributed by atoms with Gasteiger partial charge in [0, 0.05) is 13.0 Å². The second kappa shape index (κ2) is 6.73. The Kier molecular flexibility index (Phi) is 5.59. The SMILES string of the molecule is CCCC(O)(CCC)CNC(=O)C1CCC(=O)N1. The van der Waals surface area contributed by atoms with Crippen molar-refractivity contribution in [2.45, 2.75) is 64.0 Å². The normalized spacial score (nSPS) is 19.7. The zero-order valence-electron chi connectivity index (χ0n) is 11.3. The minimum Gasteiger partial charge on any atom is -0.388 e. The molecular weight excluding hydrogens is 232 g/mol. The third kappa shape index (κ3) is 4.29. The van der Waals surface area contributed by atoms with E-state index in [1.54, 1.807) is 0 Å². The van der Waals surface area contributed by atoms with Crippen LogP contribution < -0.4 is 10.6 Å². The first-order chi connectivity index (χ1) is 8.50. The zero-order chi connectivity index (χ0) is 13.6. The number of aliphatic hydroxyl groups is 1. The molecule has 5 heteroatoms. The van der Waals surface area contributed by atoms with Crippen molar-refractivity contribution in [3.05, 3.63) is 0 Å². The first-order valence-corrected chi connectivity index (χ1v) is 6.80. The van der Waals surface area contributed by atoms with E-state index in [9.17, 15) is 14.7 Å². The predicted molar refractivity (Wildman–Crippen MR) is 68.9 cm³/mol. The lowest BCUT2D eigenvalue weighted by Gasteiger charge is -2.28. The number of amides is 2. The maximum atomic E-state index is 11.8. The summed E-state index contributed by atoms with van der Waals surface area (Å²) in [5.74, 6) is -0.265. The molecule has 3 N–H and O–H groups in total. The molecule has 0 aromatic heterocycles. The van der Waals surface area contributed by atoms with E-state index in [0.29, 0.717) is 25.7 Å². The molecule has 0 spiro atoms. The average molecular weight is 256 g/mol. The Bertz CT molecular complexity index is 299. The third-order valence-corrected chi connectivity index (χ3v) is 3.33. The molecule has 104 valence electrons. The summed E-state index contributed by atoms with van der Waals surface area (Å²) in [6.07, 6.45) is 4.08. The molecule has 0 aromatic carbocycles. The smallest absolute Gasteiger partial charge is 0.242 e. The van der Waals surface area contributed by atoms with Gasteiger partial charge in [-0.3, -0.25) is 9.59 Å². The molecule has 1 heterocycles. The van der Waals surface area contributed by atoms with Crippen molar-refractivity contribution in [2.24, 2.45) is 0 Å². The van der Waals surface area contributed by atoms with Crippen LogP contribution in [0.2, 0.25) is 0 Å². The maximum Gasteiger partial charge on any atom is 0.242 e. The summed E-state index contributed by atoms with van der Waals surface area (Å²) in [6, 6.07) is -0.426. The van der Waals surface area contributed by atoms with E-state index in [2.05, 4.69) is 10.6 Å². The quantitative estimate of drug-likeness (QED) is 0.628. The van der Waals surface area contributed by atoms with Gasteiger partial charge in [-0.25, -0.2) is 0 Å². The van der Waals surface area contributed by atoms with Crippen LogP contribution in [0.15, 0.2) is 0 Å². The van der Waals surface area contributed by atoms with Crippen LogP contribution in [0.4, 0.5) is 0 Å². The number of hydrogen-bond donors (Lipinski definition) is 3. The van der Waals surface area contributed by atoms with Crippen LogP contribution in [0.1, 0.15) is 52.4 Å². The Morgan fingerprint density at radius 1 is 1.44 bits per heavy atom. The third-order valence-electron chi connectivity index (χ3n) is 3.33. The van der Waals surface area contributed by atoms with Gasteiger partial charge in [0.15, 0.2) is 0 Å². The van der Waals surface area contributed by atoms with Crippen molar-refractivity contribution in [1.82, 2.24) is 10.6 Å². The summed E-state index contributed by atoms with van der Waals surface area (Å²) in [7, 11) is 0. The predicted octanol–water partition coefficient (Wildman–Crippen LogP) is 0.712. The largest absolute Gasteiger partial charge is 0.388 e. The molecule has 0 saturated carbocycles. The molecule has 5 nitrogen and oxygen atoms in total.